The molecule has 0 spiro atoms. The maximum atomic E-state index is 12.7. The van der Waals surface area contributed by atoms with Crippen molar-refractivity contribution in [2.24, 2.45) is 0 Å². The van der Waals surface area contributed by atoms with E-state index in [4.69, 9.17) is 14.0 Å². The van der Waals surface area contributed by atoms with Gasteiger partial charge in [-0.15, -0.1) is 0 Å². The first-order valence-corrected chi connectivity index (χ1v) is 17.7. The molecule has 0 aromatic heterocycles. The highest BCUT2D eigenvalue weighted by Crippen LogP contribution is 2.61. The van der Waals surface area contributed by atoms with Gasteiger partial charge in [-0.3, -0.25) is 9.79 Å². The lowest BCUT2D eigenvalue weighted by Crippen LogP contribution is -2.17. The molecule has 234 valence electrons. The molecular weight excluding hydrogens is 547 g/mol. The summed E-state index contributed by atoms with van der Waals surface area (Å²) in [5, 5.41) is 0. The van der Waals surface area contributed by atoms with E-state index in [0.29, 0.717) is 28.9 Å². The minimum atomic E-state index is -4.95. The van der Waals surface area contributed by atoms with Crippen LogP contribution in [0.4, 0.5) is 0 Å². The molecule has 0 radical (unpaired) electrons. The quantitative estimate of drug-likeness (QED) is 0.264. The SMILES string of the molecule is COc1c(OP(=O)(O)O)c(-c2c(C(C)C)cc(C(C)C)cc2C(C)C)c(OC)c(C2CCCCC2)c1C1CCCCC1. The first-order valence-electron chi connectivity index (χ1n) is 16.1. The van der Waals surface area contributed by atoms with Gasteiger partial charge in [0.05, 0.1) is 19.8 Å². The van der Waals surface area contributed by atoms with E-state index in [0.717, 1.165) is 73.6 Å². The van der Waals surface area contributed by atoms with Gasteiger partial charge in [0.1, 0.15) is 5.75 Å². The molecule has 0 heterocycles. The van der Waals surface area contributed by atoms with Crippen LogP contribution in [0, 0.1) is 0 Å². The summed E-state index contributed by atoms with van der Waals surface area (Å²) in [6.45, 7) is 13.1. The molecule has 0 amide bonds. The lowest BCUT2D eigenvalue weighted by Gasteiger charge is -2.35. The Labute approximate surface area is 253 Å². The van der Waals surface area contributed by atoms with E-state index in [1.54, 1.807) is 14.2 Å². The Bertz CT molecular complexity index is 1250. The number of methoxy groups -OCH3 is 2. The maximum Gasteiger partial charge on any atom is 0.524 e. The van der Waals surface area contributed by atoms with Crippen LogP contribution in [0.3, 0.4) is 0 Å². The first kappa shape index (κ1) is 32.9. The summed E-state index contributed by atoms with van der Waals surface area (Å²) in [4.78, 5) is 20.6. The normalized spacial score (nSPS) is 17.4. The largest absolute Gasteiger partial charge is 0.524 e. The van der Waals surface area contributed by atoms with Gasteiger partial charge in [-0.05, 0) is 77.5 Å². The third-order valence-corrected chi connectivity index (χ3v) is 9.89. The Hall–Kier alpha value is -2.01. The standard InChI is InChI=1S/C35H53O6P/c1-21(2)26-19-27(22(3)4)31(28(20-26)23(5)6)32-33(39-7)29(24-15-11-9-12-16-24)30(25-17-13-10-14-18-25)34(40-8)35(32)41-42(36,37)38/h19-25H,9-18H2,1-8H3,(H2,36,37,38). The Kier molecular flexibility index (Phi) is 10.8. The summed E-state index contributed by atoms with van der Waals surface area (Å²) < 4.78 is 31.1. The first-order chi connectivity index (χ1) is 19.9. The second-order valence-corrected chi connectivity index (χ2v) is 14.6. The van der Waals surface area contributed by atoms with Crippen LogP contribution in [-0.2, 0) is 4.57 Å². The Morgan fingerprint density at radius 3 is 1.43 bits per heavy atom. The van der Waals surface area contributed by atoms with Gasteiger partial charge in [-0.2, -0.15) is 0 Å². The van der Waals surface area contributed by atoms with Crippen molar-refractivity contribution in [2.75, 3.05) is 14.2 Å². The zero-order valence-corrected chi connectivity index (χ0v) is 28.0. The van der Waals surface area contributed by atoms with Crippen LogP contribution in [-0.4, -0.2) is 24.0 Å². The molecule has 2 aromatic carbocycles. The van der Waals surface area contributed by atoms with E-state index in [1.165, 1.54) is 24.0 Å². The number of phosphoric ester groups is 1. The van der Waals surface area contributed by atoms with Gasteiger partial charge in [0.15, 0.2) is 11.5 Å². The summed E-state index contributed by atoms with van der Waals surface area (Å²) in [5.41, 5.74) is 7.30. The number of rotatable bonds is 10. The van der Waals surface area contributed by atoms with Gasteiger partial charge in [0.2, 0.25) is 0 Å². The number of phosphoric acid groups is 1. The van der Waals surface area contributed by atoms with Crippen LogP contribution in [0.15, 0.2) is 12.1 Å². The smallest absolute Gasteiger partial charge is 0.496 e. The van der Waals surface area contributed by atoms with Gasteiger partial charge in [0.25, 0.3) is 0 Å². The van der Waals surface area contributed by atoms with Crippen LogP contribution in [0.25, 0.3) is 11.1 Å². The highest BCUT2D eigenvalue weighted by atomic mass is 31.2. The highest BCUT2D eigenvalue weighted by Gasteiger charge is 2.39. The fraction of sp³-hybridized carbons (Fsp3) is 0.657. The van der Waals surface area contributed by atoms with Gasteiger partial charge >= 0.3 is 7.82 Å². The Balaban J connectivity index is 2.24. The van der Waals surface area contributed by atoms with Crippen molar-refractivity contribution in [3.05, 3.63) is 39.9 Å². The van der Waals surface area contributed by atoms with Crippen LogP contribution in [0.5, 0.6) is 17.2 Å². The van der Waals surface area contributed by atoms with Crippen molar-refractivity contribution in [2.45, 2.75) is 135 Å². The summed E-state index contributed by atoms with van der Waals surface area (Å²) in [5.74, 6) is 2.46. The molecule has 42 heavy (non-hydrogen) atoms. The van der Waals surface area contributed by atoms with E-state index in [2.05, 4.69) is 53.7 Å². The highest BCUT2D eigenvalue weighted by molar-refractivity contribution is 7.46. The molecule has 2 aromatic rings. The van der Waals surface area contributed by atoms with E-state index in [-0.39, 0.29) is 23.5 Å². The second-order valence-electron chi connectivity index (χ2n) is 13.4. The van der Waals surface area contributed by atoms with Crippen molar-refractivity contribution in [1.29, 1.82) is 0 Å². The molecule has 2 saturated carbocycles. The van der Waals surface area contributed by atoms with Crippen LogP contribution < -0.4 is 14.0 Å². The van der Waals surface area contributed by atoms with Crippen molar-refractivity contribution in [3.63, 3.8) is 0 Å². The second kappa shape index (κ2) is 13.7. The summed E-state index contributed by atoms with van der Waals surface area (Å²) in [6.07, 6.45) is 11.2. The van der Waals surface area contributed by atoms with E-state index in [9.17, 15) is 14.4 Å². The molecule has 2 aliphatic rings. The molecule has 0 aliphatic heterocycles. The Morgan fingerprint density at radius 1 is 0.643 bits per heavy atom. The topological polar surface area (TPSA) is 85.2 Å². The molecule has 4 rings (SSSR count). The number of benzene rings is 2. The van der Waals surface area contributed by atoms with Crippen molar-refractivity contribution in [1.82, 2.24) is 0 Å². The van der Waals surface area contributed by atoms with Gasteiger partial charge in [-0.1, -0.05) is 92.2 Å². The van der Waals surface area contributed by atoms with Crippen molar-refractivity contribution < 1.29 is 28.3 Å². The summed E-state index contributed by atoms with van der Waals surface area (Å²) in [6, 6.07) is 4.53. The maximum absolute atomic E-state index is 12.7. The van der Waals surface area contributed by atoms with E-state index >= 15 is 0 Å². The molecule has 7 heteroatoms. The fourth-order valence-corrected chi connectivity index (χ4v) is 7.82. The minimum absolute atomic E-state index is 0.115. The molecule has 0 saturated heterocycles. The van der Waals surface area contributed by atoms with Gasteiger partial charge in [0, 0.05) is 11.1 Å². The third-order valence-electron chi connectivity index (χ3n) is 9.47. The van der Waals surface area contributed by atoms with Crippen LogP contribution in [0.2, 0.25) is 0 Å². The third kappa shape index (κ3) is 6.87. The monoisotopic (exact) mass is 600 g/mol. The molecule has 0 bridgehead atoms. The molecule has 0 atom stereocenters. The number of ether oxygens (including phenoxy) is 2. The summed E-state index contributed by atoms with van der Waals surface area (Å²) in [7, 11) is -1.63. The zero-order chi connectivity index (χ0) is 30.8. The van der Waals surface area contributed by atoms with Crippen LogP contribution in [0.1, 0.15) is 163 Å². The molecule has 2 fully saturated rings. The molecular formula is C35H53O6P. The predicted octanol–water partition coefficient (Wildman–Crippen LogP) is 10.3. The average molecular weight is 601 g/mol. The zero-order valence-electron chi connectivity index (χ0n) is 27.1. The minimum Gasteiger partial charge on any atom is -0.496 e. The average Bonchev–Trinajstić information content (AvgIpc) is 2.95. The molecule has 0 unspecified atom stereocenters. The predicted molar refractivity (Wildman–Crippen MR) is 172 cm³/mol. The Morgan fingerprint density at radius 2 is 1.07 bits per heavy atom. The lowest BCUT2D eigenvalue weighted by atomic mass is 9.72. The molecule has 6 nitrogen and oxygen atoms in total. The summed E-state index contributed by atoms with van der Waals surface area (Å²) >= 11 is 0. The number of hydrogen-bond acceptors (Lipinski definition) is 4. The molecule has 2 N–H and O–H groups in total. The number of hydrogen-bond donors (Lipinski definition) is 2. The van der Waals surface area contributed by atoms with Gasteiger partial charge in [-0.25, -0.2) is 4.57 Å². The van der Waals surface area contributed by atoms with E-state index in [1.807, 2.05) is 0 Å². The fourth-order valence-electron chi connectivity index (χ4n) is 7.40. The van der Waals surface area contributed by atoms with E-state index < -0.39 is 7.82 Å². The lowest BCUT2D eigenvalue weighted by molar-refractivity contribution is 0.274. The van der Waals surface area contributed by atoms with Crippen molar-refractivity contribution >= 4 is 7.82 Å². The van der Waals surface area contributed by atoms with Crippen LogP contribution >= 0.6 is 7.82 Å². The molecule has 2 aliphatic carbocycles. The van der Waals surface area contributed by atoms with Crippen molar-refractivity contribution in [3.8, 4) is 28.4 Å². The van der Waals surface area contributed by atoms with Gasteiger partial charge < -0.3 is 14.0 Å².